The van der Waals surface area contributed by atoms with E-state index in [-0.39, 0.29) is 0 Å². The molecule has 162 valence electrons. The lowest BCUT2D eigenvalue weighted by atomic mass is 10.0. The molecule has 1 heterocycles. The first-order chi connectivity index (χ1) is 16.8. The van der Waals surface area contributed by atoms with Crippen molar-refractivity contribution in [3.8, 4) is 32.7 Å². The molecule has 0 radical (unpaired) electrons. The van der Waals surface area contributed by atoms with E-state index in [1.165, 1.54) is 42.8 Å². The maximum absolute atomic E-state index is 3.53. The first-order valence-corrected chi connectivity index (χ1v) is 12.3. The Bertz CT molecular complexity index is 1530. The molecule has 0 unspecified atom stereocenters. The minimum atomic E-state index is 1.08. The van der Waals surface area contributed by atoms with Crippen LogP contribution in [0.4, 0.5) is 11.4 Å². The summed E-state index contributed by atoms with van der Waals surface area (Å²) in [6.45, 7) is 0. The smallest absolute Gasteiger partial charge is 0.0384 e. The van der Waals surface area contributed by atoms with Crippen molar-refractivity contribution in [2.75, 3.05) is 5.32 Å². The Balaban J connectivity index is 1.24. The normalized spacial score (nSPS) is 10.9. The van der Waals surface area contributed by atoms with E-state index < -0.39 is 0 Å². The number of anilines is 2. The average Bonchev–Trinajstić information content (AvgIpc) is 3.35. The van der Waals surface area contributed by atoms with Crippen LogP contribution in [0, 0.1) is 0 Å². The zero-order chi connectivity index (χ0) is 22.7. The van der Waals surface area contributed by atoms with Crippen molar-refractivity contribution in [3.05, 3.63) is 133 Å². The fraction of sp³-hybridized carbons (Fsp3) is 0. The van der Waals surface area contributed by atoms with Crippen molar-refractivity contribution in [1.82, 2.24) is 0 Å². The van der Waals surface area contributed by atoms with Crippen LogP contribution in [-0.4, -0.2) is 0 Å². The number of fused-ring (bicyclic) bond motifs is 1. The minimum absolute atomic E-state index is 1.08. The molecule has 0 saturated heterocycles. The Kier molecular flexibility index (Phi) is 5.42. The summed E-state index contributed by atoms with van der Waals surface area (Å²) in [7, 11) is 0. The standard InChI is InChI=1S/C32H23NS/c1-3-8-23(9-4-1)24-14-18-27(19-15-24)33-28-20-16-25(17-21-28)29-12-7-13-31-30(29)22-32(34-31)26-10-5-2-6-11-26/h1-22,33H. The first-order valence-electron chi connectivity index (χ1n) is 11.4. The molecule has 0 bridgehead atoms. The second-order valence-corrected chi connectivity index (χ2v) is 9.42. The van der Waals surface area contributed by atoms with Gasteiger partial charge in [-0.15, -0.1) is 11.3 Å². The summed E-state index contributed by atoms with van der Waals surface area (Å²) >= 11 is 1.85. The lowest BCUT2D eigenvalue weighted by Gasteiger charge is -2.10. The highest BCUT2D eigenvalue weighted by Gasteiger charge is 2.09. The van der Waals surface area contributed by atoms with Gasteiger partial charge in [-0.05, 0) is 64.2 Å². The van der Waals surface area contributed by atoms with Gasteiger partial charge in [-0.2, -0.15) is 0 Å². The lowest BCUT2D eigenvalue weighted by molar-refractivity contribution is 1.54. The summed E-state index contributed by atoms with van der Waals surface area (Å²) in [6.07, 6.45) is 0. The summed E-state index contributed by atoms with van der Waals surface area (Å²) in [5.41, 5.74) is 8.39. The topological polar surface area (TPSA) is 12.0 Å². The zero-order valence-electron chi connectivity index (χ0n) is 18.6. The highest BCUT2D eigenvalue weighted by Crippen LogP contribution is 2.38. The molecular formula is C32H23NS. The average molecular weight is 454 g/mol. The minimum Gasteiger partial charge on any atom is -0.356 e. The molecule has 1 N–H and O–H groups in total. The summed E-state index contributed by atoms with van der Waals surface area (Å²) in [6, 6.07) is 47.3. The summed E-state index contributed by atoms with van der Waals surface area (Å²) < 4.78 is 1.32. The van der Waals surface area contributed by atoms with Crippen LogP contribution in [0.1, 0.15) is 0 Å². The van der Waals surface area contributed by atoms with Crippen molar-refractivity contribution < 1.29 is 0 Å². The second kappa shape index (κ2) is 9.01. The maximum atomic E-state index is 3.53. The van der Waals surface area contributed by atoms with Gasteiger partial charge < -0.3 is 5.32 Å². The van der Waals surface area contributed by atoms with Crippen molar-refractivity contribution >= 4 is 32.8 Å². The van der Waals surface area contributed by atoms with Gasteiger partial charge in [0.25, 0.3) is 0 Å². The van der Waals surface area contributed by atoms with E-state index >= 15 is 0 Å². The predicted molar refractivity (Wildman–Crippen MR) is 148 cm³/mol. The van der Waals surface area contributed by atoms with Crippen molar-refractivity contribution in [1.29, 1.82) is 0 Å². The molecular weight excluding hydrogens is 430 g/mol. The Morgan fingerprint density at radius 3 is 1.65 bits per heavy atom. The SMILES string of the molecule is c1ccc(-c2ccc(Nc3ccc(-c4cccc5sc(-c6ccccc6)cc45)cc3)cc2)cc1. The van der Waals surface area contributed by atoms with E-state index in [1.807, 2.05) is 17.4 Å². The van der Waals surface area contributed by atoms with E-state index in [2.05, 4.69) is 133 Å². The van der Waals surface area contributed by atoms with Gasteiger partial charge in [0.05, 0.1) is 0 Å². The highest BCUT2D eigenvalue weighted by atomic mass is 32.1. The molecule has 5 aromatic carbocycles. The molecule has 6 aromatic rings. The maximum Gasteiger partial charge on any atom is 0.0384 e. The Labute approximate surface area is 204 Å². The number of benzene rings is 5. The summed E-state index contributed by atoms with van der Waals surface area (Å²) in [5, 5.41) is 4.83. The van der Waals surface area contributed by atoms with Gasteiger partial charge in [0.1, 0.15) is 0 Å². The van der Waals surface area contributed by atoms with Crippen LogP contribution < -0.4 is 5.32 Å². The van der Waals surface area contributed by atoms with Crippen molar-refractivity contribution in [2.45, 2.75) is 0 Å². The van der Waals surface area contributed by atoms with Crippen molar-refractivity contribution in [2.24, 2.45) is 0 Å². The molecule has 1 aromatic heterocycles. The third-order valence-corrected chi connectivity index (χ3v) is 7.25. The van der Waals surface area contributed by atoms with E-state index in [1.54, 1.807) is 0 Å². The summed E-state index contributed by atoms with van der Waals surface area (Å²) in [5.74, 6) is 0. The van der Waals surface area contributed by atoms with E-state index in [0.717, 1.165) is 11.4 Å². The fourth-order valence-electron chi connectivity index (χ4n) is 4.33. The molecule has 0 atom stereocenters. The van der Waals surface area contributed by atoms with Gasteiger partial charge in [0.2, 0.25) is 0 Å². The van der Waals surface area contributed by atoms with Crippen molar-refractivity contribution in [3.63, 3.8) is 0 Å². The number of hydrogen-bond acceptors (Lipinski definition) is 2. The molecule has 0 fully saturated rings. The van der Waals surface area contributed by atoms with Crippen LogP contribution in [-0.2, 0) is 0 Å². The van der Waals surface area contributed by atoms with Gasteiger partial charge in [0, 0.05) is 26.3 Å². The third-order valence-electron chi connectivity index (χ3n) is 6.10. The van der Waals surface area contributed by atoms with Gasteiger partial charge in [-0.3, -0.25) is 0 Å². The van der Waals surface area contributed by atoms with Crippen LogP contribution in [0.5, 0.6) is 0 Å². The van der Waals surface area contributed by atoms with Crippen LogP contribution in [0.15, 0.2) is 133 Å². The van der Waals surface area contributed by atoms with Gasteiger partial charge in [0.15, 0.2) is 0 Å². The third kappa shape index (κ3) is 4.12. The number of rotatable bonds is 5. The quantitative estimate of drug-likeness (QED) is 0.274. The molecule has 0 aliphatic carbocycles. The number of thiophene rings is 1. The molecule has 6 rings (SSSR count). The Morgan fingerprint density at radius 2 is 1.00 bits per heavy atom. The number of nitrogens with one attached hydrogen (secondary N) is 1. The Morgan fingerprint density at radius 1 is 0.441 bits per heavy atom. The van der Waals surface area contributed by atoms with Gasteiger partial charge >= 0.3 is 0 Å². The van der Waals surface area contributed by atoms with Gasteiger partial charge in [-0.25, -0.2) is 0 Å². The zero-order valence-corrected chi connectivity index (χ0v) is 19.4. The van der Waals surface area contributed by atoms with Crippen LogP contribution in [0.3, 0.4) is 0 Å². The first kappa shape index (κ1) is 20.5. The van der Waals surface area contributed by atoms with E-state index in [0.29, 0.717) is 0 Å². The molecule has 2 heteroatoms. The highest BCUT2D eigenvalue weighted by molar-refractivity contribution is 7.22. The predicted octanol–water partition coefficient (Wildman–Crippen LogP) is 9.65. The van der Waals surface area contributed by atoms with Crippen LogP contribution in [0.25, 0.3) is 42.8 Å². The molecule has 0 saturated carbocycles. The second-order valence-electron chi connectivity index (χ2n) is 8.34. The fourth-order valence-corrected chi connectivity index (χ4v) is 5.43. The Hall–Kier alpha value is -4.14. The summed E-state index contributed by atoms with van der Waals surface area (Å²) in [4.78, 5) is 1.31. The number of hydrogen-bond donors (Lipinski definition) is 1. The molecule has 0 aliphatic heterocycles. The molecule has 1 nitrogen and oxygen atoms in total. The molecule has 0 aliphatic rings. The van der Waals surface area contributed by atoms with Crippen LogP contribution in [0.2, 0.25) is 0 Å². The monoisotopic (exact) mass is 453 g/mol. The van der Waals surface area contributed by atoms with Crippen LogP contribution >= 0.6 is 11.3 Å². The molecule has 0 spiro atoms. The largest absolute Gasteiger partial charge is 0.356 e. The van der Waals surface area contributed by atoms with E-state index in [9.17, 15) is 0 Å². The lowest BCUT2D eigenvalue weighted by Crippen LogP contribution is -1.90. The molecule has 34 heavy (non-hydrogen) atoms. The van der Waals surface area contributed by atoms with E-state index in [4.69, 9.17) is 0 Å². The van der Waals surface area contributed by atoms with Gasteiger partial charge in [-0.1, -0.05) is 97.1 Å². The molecule has 0 amide bonds.